The molecule has 0 heterocycles. The van der Waals surface area contributed by atoms with Crippen LogP contribution in [0, 0.1) is 0 Å². The number of carbonyl (C=O) groups is 3. The highest BCUT2D eigenvalue weighted by Gasteiger charge is 2.19. The number of rotatable bonds is 6. The molecular weight excluding hydrogens is 360 g/mol. The lowest BCUT2D eigenvalue weighted by atomic mass is 10.1. The van der Waals surface area contributed by atoms with Crippen LogP contribution in [0.15, 0.2) is 24.3 Å². The molecule has 0 unspecified atom stereocenters. The minimum Gasteiger partial charge on any atom is -0.452 e. The first-order chi connectivity index (χ1) is 12.2. The average molecular weight is 382 g/mol. The minimum atomic E-state index is -3.16. The van der Waals surface area contributed by atoms with Gasteiger partial charge in [0.25, 0.3) is 5.91 Å². The van der Waals surface area contributed by atoms with Crippen LogP contribution < -0.4 is 10.6 Å². The molecule has 142 valence electrons. The molecule has 0 bridgehead atoms. The van der Waals surface area contributed by atoms with Gasteiger partial charge in [0.15, 0.2) is 16.4 Å². The van der Waals surface area contributed by atoms with Crippen molar-refractivity contribution in [1.29, 1.82) is 0 Å². The molecule has 0 atom stereocenters. The van der Waals surface area contributed by atoms with Crippen molar-refractivity contribution in [2.75, 3.05) is 12.9 Å². The molecule has 0 aliphatic heterocycles. The quantitative estimate of drug-likeness (QED) is 0.713. The van der Waals surface area contributed by atoms with Crippen molar-refractivity contribution >= 4 is 27.7 Å². The van der Waals surface area contributed by atoms with Crippen LogP contribution in [0.5, 0.6) is 0 Å². The Morgan fingerprint density at radius 1 is 1.12 bits per heavy atom. The van der Waals surface area contributed by atoms with Gasteiger partial charge >= 0.3 is 12.0 Å². The molecule has 0 saturated heterocycles. The van der Waals surface area contributed by atoms with Gasteiger partial charge in [0, 0.05) is 12.3 Å². The number of esters is 1. The van der Waals surface area contributed by atoms with Crippen LogP contribution in [-0.2, 0) is 25.1 Å². The zero-order valence-corrected chi connectivity index (χ0v) is 15.3. The van der Waals surface area contributed by atoms with E-state index in [4.69, 9.17) is 4.74 Å². The van der Waals surface area contributed by atoms with Gasteiger partial charge in [-0.25, -0.2) is 18.0 Å². The molecule has 0 radical (unpaired) electrons. The number of ether oxygens (including phenoxy) is 1. The summed E-state index contributed by atoms with van der Waals surface area (Å²) in [6.45, 7) is -0.581. The topological polar surface area (TPSA) is 119 Å². The summed E-state index contributed by atoms with van der Waals surface area (Å²) in [5.41, 5.74) is 0.732. The number of sulfone groups is 1. The van der Waals surface area contributed by atoms with Crippen LogP contribution >= 0.6 is 0 Å². The Bertz CT molecular complexity index is 767. The number of carbonyl (C=O) groups excluding carboxylic acids is 3. The van der Waals surface area contributed by atoms with E-state index >= 15 is 0 Å². The average Bonchev–Trinajstić information content (AvgIpc) is 3.04. The van der Waals surface area contributed by atoms with Crippen LogP contribution in [0.25, 0.3) is 0 Å². The van der Waals surface area contributed by atoms with Gasteiger partial charge < -0.3 is 10.1 Å². The second-order valence-electron chi connectivity index (χ2n) is 6.35. The van der Waals surface area contributed by atoms with Gasteiger partial charge in [0.1, 0.15) is 0 Å². The van der Waals surface area contributed by atoms with Gasteiger partial charge in [0.05, 0.1) is 11.3 Å². The minimum absolute atomic E-state index is 0.0794. The standard InChI is InChI=1S/C17H22N2O6S/c1-26(23,24)11-12-6-8-13(9-7-12)16(21)25-10-15(20)19-17(22)18-14-4-2-3-5-14/h6-9,14H,2-5,10-11H2,1H3,(H2,18,19,20,22). The Morgan fingerprint density at radius 3 is 2.31 bits per heavy atom. The first kappa shape index (κ1) is 19.9. The van der Waals surface area contributed by atoms with Gasteiger partial charge in [-0.15, -0.1) is 0 Å². The normalized spacial score (nSPS) is 14.7. The third kappa shape index (κ3) is 6.83. The third-order valence-electron chi connectivity index (χ3n) is 3.90. The highest BCUT2D eigenvalue weighted by atomic mass is 32.2. The zero-order valence-electron chi connectivity index (χ0n) is 14.5. The van der Waals surface area contributed by atoms with E-state index in [-0.39, 0.29) is 17.4 Å². The maximum absolute atomic E-state index is 11.9. The third-order valence-corrected chi connectivity index (χ3v) is 4.75. The SMILES string of the molecule is CS(=O)(=O)Cc1ccc(C(=O)OCC(=O)NC(=O)NC2CCCC2)cc1. The summed E-state index contributed by atoms with van der Waals surface area (Å²) in [5.74, 6) is -1.58. The summed E-state index contributed by atoms with van der Waals surface area (Å²) < 4.78 is 27.3. The molecule has 1 aromatic rings. The number of imide groups is 1. The lowest BCUT2D eigenvalue weighted by Gasteiger charge is -2.12. The molecule has 2 rings (SSSR count). The Labute approximate surface area is 152 Å². The van der Waals surface area contributed by atoms with Gasteiger partial charge in [-0.05, 0) is 30.5 Å². The predicted molar refractivity (Wildman–Crippen MR) is 94.2 cm³/mol. The largest absolute Gasteiger partial charge is 0.452 e. The summed E-state index contributed by atoms with van der Waals surface area (Å²) in [7, 11) is -3.16. The number of urea groups is 1. The Balaban J connectivity index is 1.76. The number of hydrogen-bond acceptors (Lipinski definition) is 6. The van der Waals surface area contributed by atoms with Gasteiger partial charge in [0.2, 0.25) is 0 Å². The summed E-state index contributed by atoms with van der Waals surface area (Å²) in [4.78, 5) is 35.2. The van der Waals surface area contributed by atoms with E-state index in [9.17, 15) is 22.8 Å². The summed E-state index contributed by atoms with van der Waals surface area (Å²) in [5, 5.41) is 4.81. The maximum Gasteiger partial charge on any atom is 0.338 e. The van der Waals surface area contributed by atoms with Crippen LogP contribution in [0.2, 0.25) is 0 Å². The fraction of sp³-hybridized carbons (Fsp3) is 0.471. The van der Waals surface area contributed by atoms with Gasteiger partial charge in [-0.1, -0.05) is 25.0 Å². The van der Waals surface area contributed by atoms with E-state index in [1.807, 2.05) is 0 Å². The molecule has 1 aliphatic carbocycles. The number of nitrogens with one attached hydrogen (secondary N) is 2. The van der Waals surface area contributed by atoms with Crippen molar-refractivity contribution < 1.29 is 27.5 Å². The van der Waals surface area contributed by atoms with Crippen molar-refractivity contribution in [3.8, 4) is 0 Å². The highest BCUT2D eigenvalue weighted by molar-refractivity contribution is 7.89. The molecule has 0 aromatic heterocycles. The first-order valence-electron chi connectivity index (χ1n) is 8.27. The number of hydrogen-bond donors (Lipinski definition) is 2. The molecule has 0 spiro atoms. The van der Waals surface area contributed by atoms with Crippen molar-refractivity contribution in [2.45, 2.75) is 37.5 Å². The molecule has 9 heteroatoms. The van der Waals surface area contributed by atoms with E-state index in [1.165, 1.54) is 24.3 Å². The van der Waals surface area contributed by atoms with Crippen LogP contribution in [0.3, 0.4) is 0 Å². The summed E-state index contributed by atoms with van der Waals surface area (Å²) in [6.07, 6.45) is 5.02. The Morgan fingerprint density at radius 2 is 1.73 bits per heavy atom. The monoisotopic (exact) mass is 382 g/mol. The van der Waals surface area contributed by atoms with Crippen molar-refractivity contribution in [2.24, 2.45) is 0 Å². The fourth-order valence-corrected chi connectivity index (χ4v) is 3.51. The van der Waals surface area contributed by atoms with Crippen molar-refractivity contribution in [3.63, 3.8) is 0 Å². The van der Waals surface area contributed by atoms with E-state index in [0.29, 0.717) is 5.56 Å². The fourth-order valence-electron chi connectivity index (χ4n) is 2.71. The van der Waals surface area contributed by atoms with E-state index in [2.05, 4.69) is 10.6 Å². The molecular formula is C17H22N2O6S. The predicted octanol–water partition coefficient (Wildman–Crippen LogP) is 1.16. The van der Waals surface area contributed by atoms with Crippen LogP contribution in [-0.4, -0.2) is 45.2 Å². The molecule has 8 nitrogen and oxygen atoms in total. The van der Waals surface area contributed by atoms with E-state index in [1.54, 1.807) is 0 Å². The second kappa shape index (κ2) is 8.79. The smallest absolute Gasteiger partial charge is 0.338 e. The highest BCUT2D eigenvalue weighted by Crippen LogP contribution is 2.17. The van der Waals surface area contributed by atoms with E-state index < -0.39 is 34.4 Å². The number of amides is 3. The van der Waals surface area contributed by atoms with Crippen LogP contribution in [0.4, 0.5) is 4.79 Å². The lowest BCUT2D eigenvalue weighted by molar-refractivity contribution is -0.123. The van der Waals surface area contributed by atoms with Crippen molar-refractivity contribution in [3.05, 3.63) is 35.4 Å². The molecule has 2 N–H and O–H groups in total. The zero-order chi connectivity index (χ0) is 19.2. The molecule has 26 heavy (non-hydrogen) atoms. The molecule has 1 aliphatic rings. The summed E-state index contributed by atoms with van der Waals surface area (Å²) in [6, 6.07) is 5.35. The van der Waals surface area contributed by atoms with Crippen molar-refractivity contribution in [1.82, 2.24) is 10.6 Å². The Hall–Kier alpha value is -2.42. The molecule has 1 saturated carbocycles. The Kier molecular flexibility index (Phi) is 6.73. The second-order valence-corrected chi connectivity index (χ2v) is 8.49. The molecule has 3 amide bonds. The first-order valence-corrected chi connectivity index (χ1v) is 10.3. The maximum atomic E-state index is 11.9. The molecule has 1 aromatic carbocycles. The number of benzene rings is 1. The van der Waals surface area contributed by atoms with E-state index in [0.717, 1.165) is 31.9 Å². The summed E-state index contributed by atoms with van der Waals surface area (Å²) >= 11 is 0. The van der Waals surface area contributed by atoms with Gasteiger partial charge in [-0.2, -0.15) is 0 Å². The van der Waals surface area contributed by atoms with Crippen LogP contribution in [0.1, 0.15) is 41.6 Å². The lowest BCUT2D eigenvalue weighted by Crippen LogP contribution is -2.44. The van der Waals surface area contributed by atoms with Gasteiger partial charge in [-0.3, -0.25) is 10.1 Å². The molecule has 1 fully saturated rings.